The number of aromatic nitrogens is 4. The molecule has 21 heavy (non-hydrogen) atoms. The first-order chi connectivity index (χ1) is 9.99. The first-order valence-electron chi connectivity index (χ1n) is 6.78. The lowest BCUT2D eigenvalue weighted by Gasteiger charge is -2.18. The second kappa shape index (κ2) is 4.82. The molecule has 6 heteroatoms. The van der Waals surface area contributed by atoms with Crippen molar-refractivity contribution in [2.45, 2.75) is 26.2 Å². The molecule has 0 bridgehead atoms. The molecule has 2 aromatic heterocycles. The molecule has 0 fully saturated rings. The van der Waals surface area contributed by atoms with E-state index in [2.05, 4.69) is 41.3 Å². The monoisotopic (exact) mass is 282 g/mol. The highest BCUT2D eigenvalue weighted by Crippen LogP contribution is 2.23. The van der Waals surface area contributed by atoms with Crippen molar-refractivity contribution in [3.05, 3.63) is 42.4 Å². The van der Waals surface area contributed by atoms with Gasteiger partial charge >= 0.3 is 0 Å². The summed E-state index contributed by atoms with van der Waals surface area (Å²) in [5.41, 5.74) is 3.42. The SMILES string of the molecule is CC(C)(C)c1nc(NN)cc(-n2ncc3ccccc32)n1. The third-order valence-electron chi connectivity index (χ3n) is 3.23. The van der Waals surface area contributed by atoms with Crippen LogP contribution in [-0.2, 0) is 5.41 Å². The summed E-state index contributed by atoms with van der Waals surface area (Å²) >= 11 is 0. The minimum atomic E-state index is -0.176. The number of benzene rings is 1. The summed E-state index contributed by atoms with van der Waals surface area (Å²) in [4.78, 5) is 9.06. The van der Waals surface area contributed by atoms with Gasteiger partial charge in [0.05, 0.1) is 11.7 Å². The zero-order valence-electron chi connectivity index (χ0n) is 12.3. The van der Waals surface area contributed by atoms with Crippen LogP contribution < -0.4 is 11.3 Å². The highest BCUT2D eigenvalue weighted by Gasteiger charge is 2.20. The fourth-order valence-electron chi connectivity index (χ4n) is 2.11. The molecule has 3 N–H and O–H groups in total. The van der Waals surface area contributed by atoms with E-state index in [1.54, 1.807) is 10.7 Å². The third kappa shape index (κ3) is 2.45. The molecule has 0 unspecified atom stereocenters. The highest BCUT2D eigenvalue weighted by molar-refractivity contribution is 5.79. The number of nitrogen functional groups attached to an aromatic ring is 1. The van der Waals surface area contributed by atoms with E-state index in [4.69, 9.17) is 5.84 Å². The maximum absolute atomic E-state index is 5.53. The van der Waals surface area contributed by atoms with Gasteiger partial charge in [-0.25, -0.2) is 20.5 Å². The van der Waals surface area contributed by atoms with Gasteiger partial charge in [-0.15, -0.1) is 0 Å². The molecule has 0 amide bonds. The van der Waals surface area contributed by atoms with Crippen LogP contribution in [0.1, 0.15) is 26.6 Å². The van der Waals surface area contributed by atoms with Crippen LogP contribution in [-0.4, -0.2) is 19.7 Å². The summed E-state index contributed by atoms with van der Waals surface area (Å²) in [6.45, 7) is 6.19. The van der Waals surface area contributed by atoms with Crippen molar-refractivity contribution in [1.29, 1.82) is 0 Å². The topological polar surface area (TPSA) is 81.6 Å². The molecule has 3 rings (SSSR count). The van der Waals surface area contributed by atoms with Crippen LogP contribution in [0, 0.1) is 0 Å². The first kappa shape index (κ1) is 13.5. The van der Waals surface area contributed by atoms with Gasteiger partial charge in [0, 0.05) is 16.9 Å². The van der Waals surface area contributed by atoms with Crippen LogP contribution in [0.4, 0.5) is 5.82 Å². The molecule has 0 saturated carbocycles. The summed E-state index contributed by atoms with van der Waals surface area (Å²) in [5.74, 6) is 7.51. The largest absolute Gasteiger partial charge is 0.308 e. The Labute approximate surface area is 123 Å². The maximum atomic E-state index is 5.53. The molecule has 0 aliphatic rings. The van der Waals surface area contributed by atoms with Crippen LogP contribution in [0.15, 0.2) is 36.5 Å². The zero-order valence-corrected chi connectivity index (χ0v) is 12.3. The average molecular weight is 282 g/mol. The van der Waals surface area contributed by atoms with Gasteiger partial charge in [0.2, 0.25) is 0 Å². The van der Waals surface area contributed by atoms with E-state index in [0.29, 0.717) is 17.5 Å². The number of anilines is 1. The smallest absolute Gasteiger partial charge is 0.159 e. The minimum absolute atomic E-state index is 0.176. The van der Waals surface area contributed by atoms with Crippen LogP contribution in [0.25, 0.3) is 16.7 Å². The molecule has 3 aromatic rings. The van der Waals surface area contributed by atoms with Crippen LogP contribution in [0.3, 0.4) is 0 Å². The van der Waals surface area contributed by atoms with Crippen LogP contribution in [0.5, 0.6) is 0 Å². The number of rotatable bonds is 2. The Morgan fingerprint density at radius 2 is 1.90 bits per heavy atom. The predicted molar refractivity (Wildman–Crippen MR) is 83.2 cm³/mol. The quantitative estimate of drug-likeness (QED) is 0.557. The maximum Gasteiger partial charge on any atom is 0.159 e. The van der Waals surface area contributed by atoms with Gasteiger partial charge in [-0.3, -0.25) is 0 Å². The van der Waals surface area contributed by atoms with Crippen molar-refractivity contribution >= 4 is 16.7 Å². The predicted octanol–water partition coefficient (Wildman–Crippen LogP) is 2.40. The Morgan fingerprint density at radius 1 is 1.14 bits per heavy atom. The Kier molecular flexibility index (Phi) is 3.10. The summed E-state index contributed by atoms with van der Waals surface area (Å²) < 4.78 is 1.80. The van der Waals surface area contributed by atoms with Gasteiger partial charge in [-0.2, -0.15) is 5.10 Å². The van der Waals surface area contributed by atoms with E-state index in [1.165, 1.54) is 0 Å². The Morgan fingerprint density at radius 3 is 2.62 bits per heavy atom. The molecule has 2 heterocycles. The molecule has 108 valence electrons. The van der Waals surface area contributed by atoms with E-state index in [0.717, 1.165) is 10.9 Å². The molecule has 6 nitrogen and oxygen atoms in total. The van der Waals surface area contributed by atoms with E-state index >= 15 is 0 Å². The zero-order chi connectivity index (χ0) is 15.0. The number of nitrogens with zero attached hydrogens (tertiary/aromatic N) is 4. The van der Waals surface area contributed by atoms with Crippen molar-refractivity contribution in [2.75, 3.05) is 5.43 Å². The summed E-state index contributed by atoms with van der Waals surface area (Å²) in [6, 6.07) is 9.79. The first-order valence-corrected chi connectivity index (χ1v) is 6.78. The van der Waals surface area contributed by atoms with E-state index in [1.807, 2.05) is 30.5 Å². The van der Waals surface area contributed by atoms with Gasteiger partial charge in [-0.1, -0.05) is 39.0 Å². The summed E-state index contributed by atoms with van der Waals surface area (Å²) in [6.07, 6.45) is 1.82. The average Bonchev–Trinajstić information content (AvgIpc) is 2.89. The number of hydrogen-bond acceptors (Lipinski definition) is 5. The molecule has 0 saturated heterocycles. The van der Waals surface area contributed by atoms with Gasteiger partial charge in [-0.05, 0) is 6.07 Å². The lowest BCUT2D eigenvalue weighted by Crippen LogP contribution is -2.20. The van der Waals surface area contributed by atoms with E-state index < -0.39 is 0 Å². The van der Waals surface area contributed by atoms with Crippen molar-refractivity contribution in [1.82, 2.24) is 19.7 Å². The number of para-hydroxylation sites is 1. The Hall–Kier alpha value is -2.47. The lowest BCUT2D eigenvalue weighted by molar-refractivity contribution is 0.543. The second-order valence-corrected chi connectivity index (χ2v) is 5.94. The third-order valence-corrected chi connectivity index (χ3v) is 3.23. The van der Waals surface area contributed by atoms with Crippen LogP contribution in [0.2, 0.25) is 0 Å². The molecule has 1 aromatic carbocycles. The molecule has 0 atom stereocenters. The van der Waals surface area contributed by atoms with Crippen molar-refractivity contribution in [2.24, 2.45) is 5.84 Å². The molecular formula is C15H18N6. The molecule has 0 aliphatic carbocycles. The van der Waals surface area contributed by atoms with Crippen molar-refractivity contribution < 1.29 is 0 Å². The standard InChI is InChI=1S/C15H18N6/c1-15(2,3)14-18-12(20-16)8-13(19-14)21-11-7-5-4-6-10(11)9-17-21/h4-9H,16H2,1-3H3,(H,18,19,20). The molecule has 0 aliphatic heterocycles. The van der Waals surface area contributed by atoms with Gasteiger partial charge in [0.1, 0.15) is 11.6 Å². The minimum Gasteiger partial charge on any atom is -0.308 e. The Bertz CT molecular complexity index is 784. The summed E-state index contributed by atoms with van der Waals surface area (Å²) in [5, 5.41) is 5.49. The van der Waals surface area contributed by atoms with Gasteiger partial charge < -0.3 is 5.43 Å². The van der Waals surface area contributed by atoms with Crippen LogP contribution >= 0.6 is 0 Å². The number of fused-ring (bicyclic) bond motifs is 1. The molecule has 0 spiro atoms. The van der Waals surface area contributed by atoms with Crippen molar-refractivity contribution in [3.8, 4) is 5.82 Å². The molecule has 0 radical (unpaired) electrons. The number of nitrogens with one attached hydrogen (secondary N) is 1. The number of nitrogens with two attached hydrogens (primary N) is 1. The molecular weight excluding hydrogens is 264 g/mol. The normalized spacial score (nSPS) is 11.8. The highest BCUT2D eigenvalue weighted by atomic mass is 15.3. The fourth-order valence-corrected chi connectivity index (χ4v) is 2.11. The number of hydrazine groups is 1. The second-order valence-electron chi connectivity index (χ2n) is 5.94. The lowest BCUT2D eigenvalue weighted by atomic mass is 9.96. The van der Waals surface area contributed by atoms with Gasteiger partial charge in [0.25, 0.3) is 0 Å². The van der Waals surface area contributed by atoms with Crippen molar-refractivity contribution in [3.63, 3.8) is 0 Å². The van der Waals surface area contributed by atoms with Gasteiger partial charge in [0.15, 0.2) is 5.82 Å². The van der Waals surface area contributed by atoms with E-state index in [-0.39, 0.29) is 5.41 Å². The summed E-state index contributed by atoms with van der Waals surface area (Å²) in [7, 11) is 0. The van der Waals surface area contributed by atoms with E-state index in [9.17, 15) is 0 Å². The fraction of sp³-hybridized carbons (Fsp3) is 0.267. The number of hydrogen-bond donors (Lipinski definition) is 2. The Balaban J connectivity index is 2.22.